The molecular formula is C15H29Cl. The Labute approximate surface area is 107 Å². The van der Waals surface area contributed by atoms with Gasteiger partial charge in [-0.25, -0.2) is 0 Å². The van der Waals surface area contributed by atoms with E-state index in [0.29, 0.717) is 5.38 Å². The molecule has 1 heteroatoms. The van der Waals surface area contributed by atoms with Crippen LogP contribution >= 0.6 is 11.6 Å². The van der Waals surface area contributed by atoms with Gasteiger partial charge in [0.05, 0.1) is 0 Å². The molecule has 0 bridgehead atoms. The van der Waals surface area contributed by atoms with Gasteiger partial charge in [0.25, 0.3) is 0 Å². The lowest BCUT2D eigenvalue weighted by molar-refractivity contribution is 0.208. The first-order valence-electron chi connectivity index (χ1n) is 7.29. The van der Waals surface area contributed by atoms with E-state index in [1.807, 2.05) is 0 Å². The molecule has 1 rings (SSSR count). The quantitative estimate of drug-likeness (QED) is 0.419. The summed E-state index contributed by atoms with van der Waals surface area (Å²) in [5, 5.41) is 0.469. The fourth-order valence-electron chi connectivity index (χ4n) is 3.00. The minimum Gasteiger partial charge on any atom is -0.123 e. The van der Waals surface area contributed by atoms with Crippen LogP contribution in [0.1, 0.15) is 72.1 Å². The predicted molar refractivity (Wildman–Crippen MR) is 74.1 cm³/mol. The van der Waals surface area contributed by atoms with Crippen molar-refractivity contribution in [3.63, 3.8) is 0 Å². The van der Waals surface area contributed by atoms with Crippen molar-refractivity contribution in [1.82, 2.24) is 0 Å². The lowest BCUT2D eigenvalue weighted by Crippen LogP contribution is -2.27. The highest BCUT2D eigenvalue weighted by Crippen LogP contribution is 2.38. The Bertz CT molecular complexity index is 176. The highest BCUT2D eigenvalue weighted by Gasteiger charge is 2.29. The normalized spacial score (nSPS) is 30.9. The SMILES string of the molecule is CCCCCCC1CC(C(C)C)CCC1Cl. The largest absolute Gasteiger partial charge is 0.123 e. The summed E-state index contributed by atoms with van der Waals surface area (Å²) in [5.41, 5.74) is 0. The summed E-state index contributed by atoms with van der Waals surface area (Å²) in [4.78, 5) is 0. The second-order valence-electron chi connectivity index (χ2n) is 5.94. The van der Waals surface area contributed by atoms with Gasteiger partial charge in [-0.2, -0.15) is 0 Å². The molecule has 0 saturated heterocycles. The van der Waals surface area contributed by atoms with E-state index in [-0.39, 0.29) is 0 Å². The molecule has 0 aliphatic heterocycles. The molecule has 96 valence electrons. The van der Waals surface area contributed by atoms with Gasteiger partial charge in [0.1, 0.15) is 0 Å². The maximum absolute atomic E-state index is 6.47. The van der Waals surface area contributed by atoms with Crippen LogP contribution < -0.4 is 0 Å². The van der Waals surface area contributed by atoms with Crippen molar-refractivity contribution < 1.29 is 0 Å². The monoisotopic (exact) mass is 244 g/mol. The Morgan fingerprint density at radius 2 is 1.88 bits per heavy atom. The van der Waals surface area contributed by atoms with Crippen LogP contribution in [0.4, 0.5) is 0 Å². The zero-order chi connectivity index (χ0) is 12.0. The van der Waals surface area contributed by atoms with Gasteiger partial charge in [-0.05, 0) is 43.4 Å². The van der Waals surface area contributed by atoms with Gasteiger partial charge in [0.2, 0.25) is 0 Å². The molecule has 0 N–H and O–H groups in total. The second kappa shape index (κ2) is 7.58. The van der Waals surface area contributed by atoms with Gasteiger partial charge in [0.15, 0.2) is 0 Å². The van der Waals surface area contributed by atoms with Crippen molar-refractivity contribution in [2.75, 3.05) is 0 Å². The average molecular weight is 245 g/mol. The van der Waals surface area contributed by atoms with Crippen molar-refractivity contribution in [2.24, 2.45) is 17.8 Å². The summed E-state index contributed by atoms with van der Waals surface area (Å²) < 4.78 is 0. The number of hydrogen-bond donors (Lipinski definition) is 0. The Kier molecular flexibility index (Phi) is 6.80. The van der Waals surface area contributed by atoms with Gasteiger partial charge >= 0.3 is 0 Å². The van der Waals surface area contributed by atoms with E-state index in [0.717, 1.165) is 17.8 Å². The van der Waals surface area contributed by atoms with Crippen LogP contribution in [0.25, 0.3) is 0 Å². The van der Waals surface area contributed by atoms with E-state index in [2.05, 4.69) is 20.8 Å². The first kappa shape index (κ1) is 14.4. The fraction of sp³-hybridized carbons (Fsp3) is 1.00. The molecule has 1 aliphatic rings. The van der Waals surface area contributed by atoms with Crippen molar-refractivity contribution in [3.8, 4) is 0 Å². The van der Waals surface area contributed by atoms with Gasteiger partial charge in [-0.15, -0.1) is 11.6 Å². The Morgan fingerprint density at radius 1 is 1.12 bits per heavy atom. The third-order valence-corrected chi connectivity index (χ3v) is 4.88. The lowest BCUT2D eigenvalue weighted by atomic mass is 9.74. The first-order chi connectivity index (χ1) is 7.65. The van der Waals surface area contributed by atoms with Crippen LogP contribution in [-0.2, 0) is 0 Å². The molecule has 0 aromatic rings. The maximum Gasteiger partial charge on any atom is 0.0364 e. The number of hydrogen-bond acceptors (Lipinski definition) is 0. The van der Waals surface area contributed by atoms with Gasteiger partial charge in [-0.1, -0.05) is 46.5 Å². The molecular weight excluding hydrogens is 216 g/mol. The van der Waals surface area contributed by atoms with E-state index in [1.54, 1.807) is 0 Å². The van der Waals surface area contributed by atoms with Gasteiger partial charge in [-0.3, -0.25) is 0 Å². The third-order valence-electron chi connectivity index (χ3n) is 4.30. The van der Waals surface area contributed by atoms with E-state index < -0.39 is 0 Å². The van der Waals surface area contributed by atoms with Gasteiger partial charge < -0.3 is 0 Å². The molecule has 3 unspecified atom stereocenters. The van der Waals surface area contributed by atoms with Gasteiger partial charge in [0, 0.05) is 5.38 Å². The van der Waals surface area contributed by atoms with E-state index >= 15 is 0 Å². The smallest absolute Gasteiger partial charge is 0.0364 e. The molecule has 1 aliphatic carbocycles. The fourth-order valence-corrected chi connectivity index (χ4v) is 3.36. The average Bonchev–Trinajstić information content (AvgIpc) is 2.26. The van der Waals surface area contributed by atoms with E-state index in [1.165, 1.54) is 51.4 Å². The minimum absolute atomic E-state index is 0.469. The lowest BCUT2D eigenvalue weighted by Gasteiger charge is -2.35. The molecule has 0 spiro atoms. The van der Waals surface area contributed by atoms with Crippen molar-refractivity contribution in [2.45, 2.75) is 77.5 Å². The van der Waals surface area contributed by atoms with Crippen molar-refractivity contribution in [3.05, 3.63) is 0 Å². The molecule has 0 heterocycles. The van der Waals surface area contributed by atoms with Crippen LogP contribution in [0.2, 0.25) is 0 Å². The van der Waals surface area contributed by atoms with Crippen LogP contribution in [0.3, 0.4) is 0 Å². The third kappa shape index (κ3) is 4.65. The molecule has 16 heavy (non-hydrogen) atoms. The van der Waals surface area contributed by atoms with Crippen LogP contribution in [0, 0.1) is 17.8 Å². The number of rotatable bonds is 6. The highest BCUT2D eigenvalue weighted by atomic mass is 35.5. The summed E-state index contributed by atoms with van der Waals surface area (Å²) in [5.74, 6) is 2.59. The zero-order valence-corrected chi connectivity index (χ0v) is 12.1. The molecule has 1 saturated carbocycles. The topological polar surface area (TPSA) is 0 Å². The molecule has 0 aromatic carbocycles. The summed E-state index contributed by atoms with van der Waals surface area (Å²) in [6, 6.07) is 0. The summed E-state index contributed by atoms with van der Waals surface area (Å²) >= 11 is 6.47. The molecule has 0 nitrogen and oxygen atoms in total. The van der Waals surface area contributed by atoms with Crippen LogP contribution in [0.15, 0.2) is 0 Å². The minimum atomic E-state index is 0.469. The Hall–Kier alpha value is 0.290. The number of unbranched alkanes of at least 4 members (excludes halogenated alkanes) is 3. The second-order valence-corrected chi connectivity index (χ2v) is 6.50. The molecule has 0 radical (unpaired) electrons. The standard InChI is InChI=1S/C15H29Cl/c1-4-5-6-7-8-14-11-13(12(2)3)9-10-15(14)16/h12-15H,4-11H2,1-3H3. The van der Waals surface area contributed by atoms with Crippen LogP contribution in [-0.4, -0.2) is 5.38 Å². The zero-order valence-electron chi connectivity index (χ0n) is 11.3. The van der Waals surface area contributed by atoms with E-state index in [4.69, 9.17) is 11.6 Å². The molecule has 0 aromatic heterocycles. The number of halogens is 1. The summed E-state index contributed by atoms with van der Waals surface area (Å²) in [6.07, 6.45) is 10.9. The predicted octanol–water partition coefficient (Wildman–Crippen LogP) is 5.64. The molecule has 0 amide bonds. The van der Waals surface area contributed by atoms with Crippen LogP contribution in [0.5, 0.6) is 0 Å². The van der Waals surface area contributed by atoms with Crippen molar-refractivity contribution >= 4 is 11.6 Å². The Balaban J connectivity index is 2.26. The summed E-state index contributed by atoms with van der Waals surface area (Å²) in [6.45, 7) is 7.01. The van der Waals surface area contributed by atoms with Crippen molar-refractivity contribution in [1.29, 1.82) is 0 Å². The molecule has 3 atom stereocenters. The van der Waals surface area contributed by atoms with E-state index in [9.17, 15) is 0 Å². The highest BCUT2D eigenvalue weighted by molar-refractivity contribution is 6.20. The molecule has 1 fully saturated rings. The maximum atomic E-state index is 6.47. The first-order valence-corrected chi connectivity index (χ1v) is 7.72. The summed E-state index contributed by atoms with van der Waals surface area (Å²) in [7, 11) is 0. The number of alkyl halides is 1. The Morgan fingerprint density at radius 3 is 2.50 bits per heavy atom.